The van der Waals surface area contributed by atoms with Crippen LogP contribution in [0, 0.1) is 11.7 Å². The number of carbonyl (C=O) groups excluding carboxylic acids is 1. The number of nitrogens with one attached hydrogen (secondary N) is 1. The predicted octanol–water partition coefficient (Wildman–Crippen LogP) is 0.691. The van der Waals surface area contributed by atoms with Crippen molar-refractivity contribution in [2.24, 2.45) is 5.92 Å². The Balaban J connectivity index is 1.79. The van der Waals surface area contributed by atoms with Gasteiger partial charge in [-0.25, -0.2) is 12.8 Å². The zero-order chi connectivity index (χ0) is 15.0. The van der Waals surface area contributed by atoms with Gasteiger partial charge in [-0.3, -0.25) is 10.1 Å². The summed E-state index contributed by atoms with van der Waals surface area (Å²) in [5.41, 5.74) is 0.421. The lowest BCUT2D eigenvalue weighted by Gasteiger charge is -2.27. The van der Waals surface area contributed by atoms with Crippen LogP contribution in [0.3, 0.4) is 0 Å². The maximum absolute atomic E-state index is 13.9. The molecule has 2 atom stereocenters. The molecule has 2 saturated heterocycles. The zero-order valence-electron chi connectivity index (χ0n) is 11.5. The van der Waals surface area contributed by atoms with Gasteiger partial charge in [-0.05, 0) is 18.4 Å². The highest BCUT2D eigenvalue weighted by atomic mass is 32.2. The van der Waals surface area contributed by atoms with E-state index in [1.165, 1.54) is 6.07 Å². The third-order valence-electron chi connectivity index (χ3n) is 4.06. The normalized spacial score (nSPS) is 28.2. The number of sulfone groups is 1. The van der Waals surface area contributed by atoms with Gasteiger partial charge >= 0.3 is 0 Å². The Bertz CT molecular complexity index is 662. The standard InChI is InChI=1S/C14H17FN2O3S/c15-12-4-2-1-3-11(12)14-16-7-13(18)17(14)8-10-5-6-21(19,20)9-10/h1-4,10,14,16H,5-9H2. The molecule has 2 fully saturated rings. The monoisotopic (exact) mass is 312 g/mol. The minimum absolute atomic E-state index is 0.0619. The second kappa shape index (κ2) is 5.38. The highest BCUT2D eigenvalue weighted by Gasteiger charge is 2.37. The van der Waals surface area contributed by atoms with Crippen molar-refractivity contribution in [1.29, 1.82) is 0 Å². The molecule has 5 nitrogen and oxygen atoms in total. The highest BCUT2D eigenvalue weighted by Crippen LogP contribution is 2.28. The molecule has 114 valence electrons. The summed E-state index contributed by atoms with van der Waals surface area (Å²) < 4.78 is 37.0. The number of rotatable bonds is 3. The molecule has 0 radical (unpaired) electrons. The van der Waals surface area contributed by atoms with E-state index in [1.807, 2.05) is 0 Å². The number of amides is 1. The molecule has 0 aromatic heterocycles. The molecule has 0 bridgehead atoms. The molecular weight excluding hydrogens is 295 g/mol. The van der Waals surface area contributed by atoms with Crippen LogP contribution >= 0.6 is 0 Å². The number of hydrogen-bond donors (Lipinski definition) is 1. The molecule has 0 spiro atoms. The largest absolute Gasteiger partial charge is 0.321 e. The zero-order valence-corrected chi connectivity index (χ0v) is 12.3. The maximum atomic E-state index is 13.9. The lowest BCUT2D eigenvalue weighted by molar-refractivity contribution is -0.128. The Kier molecular flexibility index (Phi) is 3.71. The van der Waals surface area contributed by atoms with Crippen LogP contribution in [0.1, 0.15) is 18.2 Å². The summed E-state index contributed by atoms with van der Waals surface area (Å²) in [5.74, 6) is -0.257. The first-order valence-electron chi connectivity index (χ1n) is 6.94. The highest BCUT2D eigenvalue weighted by molar-refractivity contribution is 7.91. The molecule has 1 N–H and O–H groups in total. The van der Waals surface area contributed by atoms with Crippen molar-refractivity contribution in [1.82, 2.24) is 10.2 Å². The molecular formula is C14H17FN2O3S. The maximum Gasteiger partial charge on any atom is 0.238 e. The van der Waals surface area contributed by atoms with E-state index in [0.29, 0.717) is 18.5 Å². The van der Waals surface area contributed by atoms with Crippen LogP contribution in [0.5, 0.6) is 0 Å². The van der Waals surface area contributed by atoms with Crippen LogP contribution < -0.4 is 5.32 Å². The number of carbonyl (C=O) groups is 1. The summed E-state index contributed by atoms with van der Waals surface area (Å²) in [6, 6.07) is 6.33. The van der Waals surface area contributed by atoms with E-state index in [1.54, 1.807) is 23.1 Å². The summed E-state index contributed by atoms with van der Waals surface area (Å²) in [7, 11) is -2.98. The van der Waals surface area contributed by atoms with Gasteiger partial charge in [-0.2, -0.15) is 0 Å². The predicted molar refractivity (Wildman–Crippen MR) is 75.6 cm³/mol. The lowest BCUT2D eigenvalue weighted by atomic mass is 10.1. The van der Waals surface area contributed by atoms with Crippen LogP contribution in [-0.4, -0.2) is 43.8 Å². The van der Waals surface area contributed by atoms with Crippen LogP contribution in [0.25, 0.3) is 0 Å². The van der Waals surface area contributed by atoms with Gasteiger partial charge in [-0.1, -0.05) is 18.2 Å². The first-order valence-corrected chi connectivity index (χ1v) is 8.76. The second-order valence-electron chi connectivity index (χ2n) is 5.62. The van der Waals surface area contributed by atoms with Crippen LogP contribution in [0.2, 0.25) is 0 Å². The van der Waals surface area contributed by atoms with Crippen molar-refractivity contribution in [3.63, 3.8) is 0 Å². The van der Waals surface area contributed by atoms with E-state index in [4.69, 9.17) is 0 Å². The van der Waals surface area contributed by atoms with Gasteiger partial charge in [0.05, 0.1) is 18.1 Å². The first-order chi connectivity index (χ1) is 9.96. The van der Waals surface area contributed by atoms with E-state index in [0.717, 1.165) is 0 Å². The fourth-order valence-electron chi connectivity index (χ4n) is 3.02. The molecule has 0 aliphatic carbocycles. The summed E-state index contributed by atoms with van der Waals surface area (Å²) >= 11 is 0. The van der Waals surface area contributed by atoms with Gasteiger partial charge in [0.1, 0.15) is 12.0 Å². The Morgan fingerprint density at radius 2 is 2.10 bits per heavy atom. The van der Waals surface area contributed by atoms with Gasteiger partial charge in [0.25, 0.3) is 0 Å². The Morgan fingerprint density at radius 1 is 1.33 bits per heavy atom. The molecule has 21 heavy (non-hydrogen) atoms. The van der Waals surface area contributed by atoms with Crippen molar-refractivity contribution in [3.8, 4) is 0 Å². The van der Waals surface area contributed by atoms with Crippen LogP contribution in [0.15, 0.2) is 24.3 Å². The topological polar surface area (TPSA) is 66.5 Å². The van der Waals surface area contributed by atoms with Crippen LogP contribution in [0.4, 0.5) is 4.39 Å². The van der Waals surface area contributed by atoms with Crippen molar-refractivity contribution in [3.05, 3.63) is 35.6 Å². The summed E-state index contributed by atoms with van der Waals surface area (Å²) in [6.45, 7) is 0.503. The van der Waals surface area contributed by atoms with E-state index < -0.39 is 16.0 Å². The minimum atomic E-state index is -2.98. The second-order valence-corrected chi connectivity index (χ2v) is 7.85. The molecule has 1 aromatic carbocycles. The third kappa shape index (κ3) is 2.94. The Labute approximate surface area is 123 Å². The summed E-state index contributed by atoms with van der Waals surface area (Å²) in [5, 5.41) is 3.00. The summed E-state index contributed by atoms with van der Waals surface area (Å²) in [4.78, 5) is 13.6. The van der Waals surface area contributed by atoms with E-state index >= 15 is 0 Å². The van der Waals surface area contributed by atoms with E-state index in [-0.39, 0.29) is 35.7 Å². The van der Waals surface area contributed by atoms with Gasteiger partial charge < -0.3 is 4.90 Å². The average molecular weight is 312 g/mol. The van der Waals surface area contributed by atoms with Crippen molar-refractivity contribution < 1.29 is 17.6 Å². The Morgan fingerprint density at radius 3 is 2.76 bits per heavy atom. The molecule has 0 saturated carbocycles. The molecule has 3 rings (SSSR count). The molecule has 7 heteroatoms. The van der Waals surface area contributed by atoms with E-state index in [9.17, 15) is 17.6 Å². The SMILES string of the molecule is O=C1CNC(c2ccccc2F)N1CC1CCS(=O)(=O)C1. The van der Waals surface area contributed by atoms with Crippen molar-refractivity contribution in [2.45, 2.75) is 12.6 Å². The molecule has 2 aliphatic rings. The average Bonchev–Trinajstić information content (AvgIpc) is 2.95. The fourth-order valence-corrected chi connectivity index (χ4v) is 4.87. The lowest BCUT2D eigenvalue weighted by Crippen LogP contribution is -2.35. The van der Waals surface area contributed by atoms with Gasteiger partial charge in [0.2, 0.25) is 5.91 Å². The van der Waals surface area contributed by atoms with Crippen LogP contribution in [-0.2, 0) is 14.6 Å². The number of halogens is 1. The number of benzene rings is 1. The smallest absolute Gasteiger partial charge is 0.238 e. The quantitative estimate of drug-likeness (QED) is 0.892. The molecule has 2 heterocycles. The number of nitrogens with zero attached hydrogens (tertiary/aromatic N) is 1. The number of hydrogen-bond acceptors (Lipinski definition) is 4. The molecule has 1 aromatic rings. The molecule has 1 amide bonds. The van der Waals surface area contributed by atoms with Gasteiger partial charge in [0, 0.05) is 12.1 Å². The van der Waals surface area contributed by atoms with Gasteiger partial charge in [0.15, 0.2) is 9.84 Å². The summed E-state index contributed by atoms with van der Waals surface area (Å²) in [6.07, 6.45) is 0.0535. The molecule has 2 unspecified atom stereocenters. The van der Waals surface area contributed by atoms with E-state index in [2.05, 4.69) is 5.32 Å². The third-order valence-corrected chi connectivity index (χ3v) is 5.90. The first kappa shape index (κ1) is 14.5. The fraction of sp³-hybridized carbons (Fsp3) is 0.500. The van der Waals surface area contributed by atoms with Crippen molar-refractivity contribution in [2.75, 3.05) is 24.6 Å². The van der Waals surface area contributed by atoms with Crippen molar-refractivity contribution >= 4 is 15.7 Å². The minimum Gasteiger partial charge on any atom is -0.321 e. The Hall–Kier alpha value is -1.47. The molecule has 2 aliphatic heterocycles. The van der Waals surface area contributed by atoms with Gasteiger partial charge in [-0.15, -0.1) is 0 Å².